The van der Waals surface area contributed by atoms with E-state index < -0.39 is 11.1 Å². The Hall–Kier alpha value is -3.70. The number of rotatable bonds is 13. The maximum atomic E-state index is 15.3. The van der Waals surface area contributed by atoms with Crippen LogP contribution < -0.4 is 4.74 Å². The van der Waals surface area contributed by atoms with Crippen molar-refractivity contribution in [3.05, 3.63) is 93.2 Å². The number of hydrogen-bond acceptors (Lipinski definition) is 7. The Balaban J connectivity index is 1.57. The molecule has 10 nitrogen and oxygen atoms in total. The first kappa shape index (κ1) is 41.5. The summed E-state index contributed by atoms with van der Waals surface area (Å²) in [7, 11) is 3.26. The molecule has 0 bridgehead atoms. The number of pyridine rings is 1. The predicted molar refractivity (Wildman–Crippen MR) is 215 cm³/mol. The lowest BCUT2D eigenvalue weighted by atomic mass is 9.71. The summed E-state index contributed by atoms with van der Waals surface area (Å²) in [5.74, 6) is 1.29. The van der Waals surface area contributed by atoms with Crippen molar-refractivity contribution in [2.45, 2.75) is 77.3 Å². The van der Waals surface area contributed by atoms with Crippen molar-refractivity contribution in [1.82, 2.24) is 19.7 Å². The van der Waals surface area contributed by atoms with Crippen LogP contribution in [-0.2, 0) is 30.8 Å². The van der Waals surface area contributed by atoms with Crippen molar-refractivity contribution in [2.24, 2.45) is 10.9 Å². The highest BCUT2D eigenvalue weighted by Crippen LogP contribution is 2.54. The molecule has 12 heteroatoms. The zero-order chi connectivity index (χ0) is 39.3. The van der Waals surface area contributed by atoms with Gasteiger partial charge in [0.2, 0.25) is 5.91 Å². The summed E-state index contributed by atoms with van der Waals surface area (Å²) in [6.07, 6.45) is 3.58. The van der Waals surface area contributed by atoms with Crippen LogP contribution >= 0.6 is 23.2 Å². The second kappa shape index (κ2) is 17.4. The van der Waals surface area contributed by atoms with Crippen LogP contribution in [0, 0.1) is 5.92 Å². The number of amidine groups is 1. The van der Waals surface area contributed by atoms with Crippen molar-refractivity contribution < 1.29 is 23.8 Å². The number of methoxy groups -OCH3 is 2. The van der Waals surface area contributed by atoms with Crippen molar-refractivity contribution in [2.75, 3.05) is 60.2 Å². The molecule has 2 aliphatic rings. The third-order valence-corrected chi connectivity index (χ3v) is 11.5. The molecule has 0 radical (unpaired) electrons. The Bertz CT molecular complexity index is 1780. The monoisotopic (exact) mass is 779 g/mol. The molecule has 3 aromatic rings. The number of carbonyl (C=O) groups excluding carboxylic acids is 2. The molecule has 5 rings (SSSR count). The number of nitrogens with zero attached hydrogens (tertiary/aromatic N) is 5. The van der Waals surface area contributed by atoms with Gasteiger partial charge in [-0.1, -0.05) is 68.2 Å². The van der Waals surface area contributed by atoms with Crippen LogP contribution in [0.5, 0.6) is 5.75 Å². The van der Waals surface area contributed by atoms with E-state index in [9.17, 15) is 4.79 Å². The summed E-state index contributed by atoms with van der Waals surface area (Å²) in [5, 5.41) is 1.20. The van der Waals surface area contributed by atoms with E-state index in [0.29, 0.717) is 92.5 Å². The molecule has 1 aromatic heterocycles. The summed E-state index contributed by atoms with van der Waals surface area (Å²) in [6.45, 7) is 15.7. The number of piperidine rings is 1. The van der Waals surface area contributed by atoms with Gasteiger partial charge in [-0.3, -0.25) is 19.7 Å². The number of benzene rings is 2. The Kier molecular flexibility index (Phi) is 13.4. The van der Waals surface area contributed by atoms with Gasteiger partial charge in [-0.25, -0.2) is 4.79 Å². The van der Waals surface area contributed by atoms with Gasteiger partial charge in [0, 0.05) is 80.2 Å². The topological polar surface area (TPSA) is 96.8 Å². The minimum atomic E-state index is -1.04. The molecular weight excluding hydrogens is 725 g/mol. The molecule has 2 aromatic carbocycles. The summed E-state index contributed by atoms with van der Waals surface area (Å²) >= 11 is 12.8. The zero-order valence-electron chi connectivity index (χ0n) is 33.0. The quantitative estimate of drug-likeness (QED) is 0.173. The van der Waals surface area contributed by atoms with Crippen molar-refractivity contribution in [3.63, 3.8) is 0 Å². The van der Waals surface area contributed by atoms with E-state index in [1.165, 1.54) is 0 Å². The third kappa shape index (κ3) is 8.57. The molecule has 0 aliphatic carbocycles. The van der Waals surface area contributed by atoms with Crippen LogP contribution in [0.25, 0.3) is 0 Å². The maximum Gasteiger partial charge on any atom is 0.326 e. The van der Waals surface area contributed by atoms with Crippen LogP contribution in [-0.4, -0.2) is 97.7 Å². The van der Waals surface area contributed by atoms with Gasteiger partial charge in [-0.15, -0.1) is 0 Å². The molecule has 3 amide bonds. The lowest BCUT2D eigenvalue weighted by Crippen LogP contribution is -2.59. The first-order chi connectivity index (χ1) is 25.7. The summed E-state index contributed by atoms with van der Waals surface area (Å²) in [5.41, 5.74) is 0.986. The second-order valence-electron chi connectivity index (χ2n) is 15.5. The van der Waals surface area contributed by atoms with Gasteiger partial charge in [-0.2, -0.15) is 0 Å². The molecular formula is C42H55Cl2N5O5. The van der Waals surface area contributed by atoms with Gasteiger partial charge in [0.05, 0.1) is 25.4 Å². The van der Waals surface area contributed by atoms with Crippen molar-refractivity contribution >= 4 is 41.0 Å². The highest BCUT2D eigenvalue weighted by atomic mass is 35.5. The zero-order valence-corrected chi connectivity index (χ0v) is 34.5. The molecule has 0 unspecified atom stereocenters. The van der Waals surface area contributed by atoms with Crippen LogP contribution in [0.15, 0.2) is 65.8 Å². The first-order valence-electron chi connectivity index (χ1n) is 18.8. The van der Waals surface area contributed by atoms with Crippen LogP contribution in [0.1, 0.15) is 83.2 Å². The molecule has 2 atom stereocenters. The summed E-state index contributed by atoms with van der Waals surface area (Å²) in [4.78, 5) is 44.7. The van der Waals surface area contributed by atoms with Gasteiger partial charge in [0.1, 0.15) is 22.7 Å². The molecule has 1 fully saturated rings. The number of halogens is 2. The van der Waals surface area contributed by atoms with Gasteiger partial charge in [-0.05, 0) is 74.9 Å². The fourth-order valence-electron chi connectivity index (χ4n) is 7.47. The van der Waals surface area contributed by atoms with E-state index in [4.69, 9.17) is 47.4 Å². The average Bonchev–Trinajstić information content (AvgIpc) is 3.39. The SMILES string of the molecule is CCOc1cc(C(C)(C)C)ncc1C1=N[C@](C)(c2ccc(Cl)cc2)[C@@](C)(c2ccc(Cl)cc2)N1C(=O)N1CCC(CC(=O)N(CCOC)CCOC)CC1. The fraction of sp³-hybridized carbons (Fsp3) is 0.524. The maximum absolute atomic E-state index is 15.3. The summed E-state index contributed by atoms with van der Waals surface area (Å²) < 4.78 is 16.8. The van der Waals surface area contributed by atoms with E-state index in [2.05, 4.69) is 34.6 Å². The first-order valence-corrected chi connectivity index (χ1v) is 19.5. The fourth-order valence-corrected chi connectivity index (χ4v) is 7.72. The van der Waals surface area contributed by atoms with E-state index in [1.807, 2.05) is 76.2 Å². The Labute approximate surface area is 330 Å². The molecule has 54 heavy (non-hydrogen) atoms. The van der Waals surface area contributed by atoms with E-state index in [0.717, 1.165) is 16.8 Å². The van der Waals surface area contributed by atoms with Crippen molar-refractivity contribution in [3.8, 4) is 5.75 Å². The number of aromatic nitrogens is 1. The number of aliphatic imine (C=N–C) groups is 1. The lowest BCUT2D eigenvalue weighted by molar-refractivity contribution is -0.133. The highest BCUT2D eigenvalue weighted by Gasteiger charge is 2.60. The molecule has 2 aliphatic heterocycles. The van der Waals surface area contributed by atoms with E-state index in [1.54, 1.807) is 20.4 Å². The number of amides is 3. The van der Waals surface area contributed by atoms with E-state index in [-0.39, 0.29) is 23.3 Å². The number of likely N-dealkylation sites (tertiary alicyclic amines) is 1. The number of urea groups is 1. The molecule has 0 spiro atoms. The molecule has 0 N–H and O–H groups in total. The smallest absolute Gasteiger partial charge is 0.326 e. The van der Waals surface area contributed by atoms with Crippen molar-refractivity contribution in [1.29, 1.82) is 0 Å². The van der Waals surface area contributed by atoms with Gasteiger partial charge in [0.15, 0.2) is 0 Å². The minimum absolute atomic E-state index is 0.0755. The van der Waals surface area contributed by atoms with Crippen LogP contribution in [0.2, 0.25) is 10.0 Å². The van der Waals surface area contributed by atoms with Gasteiger partial charge >= 0.3 is 6.03 Å². The Morgan fingerprint density at radius 2 is 1.46 bits per heavy atom. The Morgan fingerprint density at radius 1 is 0.907 bits per heavy atom. The molecule has 292 valence electrons. The predicted octanol–water partition coefficient (Wildman–Crippen LogP) is 8.32. The largest absolute Gasteiger partial charge is 0.493 e. The lowest BCUT2D eigenvalue weighted by Gasteiger charge is -2.47. The standard InChI is InChI=1S/C42H55Cl2N5O5/c1-9-54-35-27-36(40(2,3)4)45-28-34(35)38-46-41(5,30-10-14-32(43)15-11-30)42(6,31-12-16-33(44)17-13-31)49(38)39(51)48-20-18-29(19-21-48)26-37(50)47(22-24-52-7)23-25-53-8/h10-17,27-29H,9,18-26H2,1-8H3/t41-,42-/m1/s1. The number of carbonyl (C=O) groups is 2. The van der Waals surface area contributed by atoms with Crippen LogP contribution in [0.4, 0.5) is 4.79 Å². The Morgan fingerprint density at radius 3 is 1.98 bits per heavy atom. The van der Waals surface area contributed by atoms with Gasteiger partial charge < -0.3 is 24.0 Å². The number of ether oxygens (including phenoxy) is 3. The molecule has 3 heterocycles. The third-order valence-electron chi connectivity index (χ3n) is 10.9. The average molecular weight is 781 g/mol. The highest BCUT2D eigenvalue weighted by molar-refractivity contribution is 6.30. The second-order valence-corrected chi connectivity index (χ2v) is 16.3. The van der Waals surface area contributed by atoms with Crippen LogP contribution in [0.3, 0.4) is 0 Å². The minimum Gasteiger partial charge on any atom is -0.493 e. The number of hydrogen-bond donors (Lipinski definition) is 0. The molecule has 0 saturated carbocycles. The molecule has 1 saturated heterocycles. The summed E-state index contributed by atoms with van der Waals surface area (Å²) in [6, 6.07) is 17.1. The van der Waals surface area contributed by atoms with Gasteiger partial charge in [0.25, 0.3) is 0 Å². The normalized spacial score (nSPS) is 20.6. The van der Waals surface area contributed by atoms with E-state index >= 15 is 4.79 Å².